The lowest BCUT2D eigenvalue weighted by atomic mass is 9.44. The van der Waals surface area contributed by atoms with Gasteiger partial charge in [0.05, 0.1) is 0 Å². The second kappa shape index (κ2) is 8.34. The average Bonchev–Trinajstić information content (AvgIpc) is 3.67. The van der Waals surface area contributed by atoms with Gasteiger partial charge in [0.15, 0.2) is 0 Å². The zero-order chi connectivity index (χ0) is 24.5. The fourth-order valence-corrected chi connectivity index (χ4v) is 9.23. The molecule has 1 aliphatic heterocycles. The number of carbonyl (C=O) groups excluding carboxylic acids is 1. The van der Waals surface area contributed by atoms with E-state index in [1.165, 1.54) is 68.3 Å². The van der Waals surface area contributed by atoms with E-state index in [0.717, 1.165) is 25.2 Å². The Hall–Kier alpha value is -2.33. The van der Waals surface area contributed by atoms with E-state index in [1.54, 1.807) is 0 Å². The maximum absolute atomic E-state index is 13.5. The van der Waals surface area contributed by atoms with Gasteiger partial charge in [0.2, 0.25) is 5.91 Å². The standard InChI is InChI=1S/C32H40N2O2/c1-33(30(36)14-9-22-5-3-2-4-6-22)28-20-31-15-16-34(21-23-7-8-23)29-13-11-25(28)19-32(29,31)18-24-10-12-26(35)17-27(24)31/h2-6,10,12,17,23,25,28-29,35H,7-9,11,13-16,18-21H2,1H3/t25-,28+,29+,31-,32-/m1/s1. The van der Waals surface area contributed by atoms with Crippen LogP contribution < -0.4 is 0 Å². The van der Waals surface area contributed by atoms with Crippen LogP contribution in [0, 0.1) is 17.3 Å². The lowest BCUT2D eigenvalue weighted by molar-refractivity contribution is -0.154. The van der Waals surface area contributed by atoms with Crippen LogP contribution in [-0.2, 0) is 23.1 Å². The van der Waals surface area contributed by atoms with Gasteiger partial charge in [-0.2, -0.15) is 0 Å². The molecule has 4 nitrogen and oxygen atoms in total. The van der Waals surface area contributed by atoms with Crippen LogP contribution in [0.1, 0.15) is 68.1 Å². The first-order valence-corrected chi connectivity index (χ1v) is 14.4. The monoisotopic (exact) mass is 484 g/mol. The van der Waals surface area contributed by atoms with Crippen LogP contribution >= 0.6 is 0 Å². The first-order chi connectivity index (χ1) is 17.5. The highest BCUT2D eigenvalue weighted by molar-refractivity contribution is 5.76. The summed E-state index contributed by atoms with van der Waals surface area (Å²) in [6, 6.07) is 17.6. The average molecular weight is 485 g/mol. The fraction of sp³-hybridized carbons (Fsp3) is 0.594. The van der Waals surface area contributed by atoms with Crippen molar-refractivity contribution in [1.29, 1.82) is 0 Å². The number of phenolic OH excluding ortho intramolecular Hbond substituents is 1. The van der Waals surface area contributed by atoms with Crippen LogP contribution in [0.4, 0.5) is 0 Å². The number of hydrogen-bond donors (Lipinski definition) is 1. The van der Waals surface area contributed by atoms with Crippen molar-refractivity contribution in [2.24, 2.45) is 17.3 Å². The Labute approximate surface area is 215 Å². The summed E-state index contributed by atoms with van der Waals surface area (Å²) in [5.41, 5.74) is 4.47. The Morgan fingerprint density at radius 2 is 1.92 bits per heavy atom. The molecule has 4 heteroatoms. The molecule has 1 N–H and O–H groups in total. The van der Waals surface area contributed by atoms with Gasteiger partial charge in [-0.15, -0.1) is 0 Å². The molecule has 4 aliphatic carbocycles. The van der Waals surface area contributed by atoms with E-state index < -0.39 is 0 Å². The minimum absolute atomic E-state index is 0.0847. The van der Waals surface area contributed by atoms with Gasteiger partial charge in [0.1, 0.15) is 5.75 Å². The van der Waals surface area contributed by atoms with Gasteiger partial charge in [-0.3, -0.25) is 9.69 Å². The Balaban J connectivity index is 1.20. The molecule has 2 aromatic rings. The number of piperidine rings is 1. The minimum Gasteiger partial charge on any atom is -0.508 e. The van der Waals surface area contributed by atoms with Crippen molar-refractivity contribution in [2.75, 3.05) is 20.1 Å². The number of rotatable bonds is 6. The summed E-state index contributed by atoms with van der Waals surface area (Å²) in [4.78, 5) is 18.5. The number of amides is 1. The topological polar surface area (TPSA) is 43.8 Å². The molecular formula is C32H40N2O2. The summed E-state index contributed by atoms with van der Waals surface area (Å²) >= 11 is 0. The lowest BCUT2D eigenvalue weighted by Gasteiger charge is -2.67. The predicted octanol–water partition coefficient (Wildman–Crippen LogP) is 5.32. The van der Waals surface area contributed by atoms with Crippen LogP contribution in [0.25, 0.3) is 0 Å². The summed E-state index contributed by atoms with van der Waals surface area (Å²) in [7, 11) is 2.08. The molecule has 2 bridgehead atoms. The molecular weight excluding hydrogens is 444 g/mol. The number of carbonyl (C=O) groups is 1. The van der Waals surface area contributed by atoms with Gasteiger partial charge in [-0.05, 0) is 105 Å². The van der Waals surface area contributed by atoms with E-state index in [4.69, 9.17) is 0 Å². The number of hydrogen-bond acceptors (Lipinski definition) is 3. The highest BCUT2D eigenvalue weighted by Crippen LogP contribution is 2.70. The van der Waals surface area contributed by atoms with E-state index >= 15 is 0 Å². The highest BCUT2D eigenvalue weighted by atomic mass is 16.3. The highest BCUT2D eigenvalue weighted by Gasteiger charge is 2.69. The molecule has 3 saturated carbocycles. The number of aryl methyl sites for hydroxylation is 1. The summed E-state index contributed by atoms with van der Waals surface area (Å²) in [5.74, 6) is 2.20. The zero-order valence-electron chi connectivity index (χ0n) is 21.7. The largest absolute Gasteiger partial charge is 0.508 e. The van der Waals surface area contributed by atoms with Crippen molar-refractivity contribution in [1.82, 2.24) is 9.80 Å². The quantitative estimate of drug-likeness (QED) is 0.604. The molecule has 1 spiro atoms. The van der Waals surface area contributed by atoms with Gasteiger partial charge in [-0.25, -0.2) is 0 Å². The second-order valence-electron chi connectivity index (χ2n) is 12.8. The molecule has 1 saturated heterocycles. The van der Waals surface area contributed by atoms with Crippen LogP contribution in [0.15, 0.2) is 48.5 Å². The summed E-state index contributed by atoms with van der Waals surface area (Å²) in [6.07, 6.45) is 11.3. The number of fused-ring (bicyclic) bond motifs is 2. The van der Waals surface area contributed by atoms with Crippen molar-refractivity contribution in [3.05, 3.63) is 65.2 Å². The van der Waals surface area contributed by atoms with Crippen molar-refractivity contribution in [2.45, 2.75) is 81.7 Å². The summed E-state index contributed by atoms with van der Waals surface area (Å²) < 4.78 is 0. The van der Waals surface area contributed by atoms with E-state index in [1.807, 2.05) is 12.1 Å². The van der Waals surface area contributed by atoms with Crippen molar-refractivity contribution in [3.8, 4) is 5.75 Å². The zero-order valence-corrected chi connectivity index (χ0v) is 21.7. The number of nitrogens with zero attached hydrogens (tertiary/aromatic N) is 2. The fourth-order valence-electron chi connectivity index (χ4n) is 9.23. The maximum atomic E-state index is 13.5. The molecule has 36 heavy (non-hydrogen) atoms. The third kappa shape index (κ3) is 3.40. The van der Waals surface area contributed by atoms with E-state index in [9.17, 15) is 9.90 Å². The van der Waals surface area contributed by atoms with E-state index in [0.29, 0.717) is 30.2 Å². The molecule has 2 aromatic carbocycles. The minimum atomic E-state index is 0.0847. The number of aromatic hydroxyl groups is 1. The maximum Gasteiger partial charge on any atom is 0.222 e. The van der Waals surface area contributed by atoms with E-state index in [2.05, 4.69) is 53.2 Å². The van der Waals surface area contributed by atoms with Crippen LogP contribution in [0.2, 0.25) is 0 Å². The molecule has 0 radical (unpaired) electrons. The first-order valence-electron chi connectivity index (χ1n) is 14.4. The van der Waals surface area contributed by atoms with Gasteiger partial charge in [-0.1, -0.05) is 36.4 Å². The van der Waals surface area contributed by atoms with E-state index in [-0.39, 0.29) is 16.7 Å². The molecule has 5 aliphatic rings. The van der Waals surface area contributed by atoms with Crippen LogP contribution in [0.3, 0.4) is 0 Å². The third-order valence-corrected chi connectivity index (χ3v) is 11.1. The number of likely N-dealkylation sites (tertiary alicyclic amines) is 1. The molecule has 4 fully saturated rings. The van der Waals surface area contributed by atoms with Crippen LogP contribution in [-0.4, -0.2) is 53.0 Å². The smallest absolute Gasteiger partial charge is 0.222 e. The molecule has 5 atom stereocenters. The van der Waals surface area contributed by atoms with Gasteiger partial charge >= 0.3 is 0 Å². The Morgan fingerprint density at radius 3 is 2.72 bits per heavy atom. The van der Waals surface area contributed by atoms with Crippen LogP contribution in [0.5, 0.6) is 5.75 Å². The number of benzene rings is 2. The predicted molar refractivity (Wildman–Crippen MR) is 142 cm³/mol. The molecule has 0 unspecified atom stereocenters. The molecule has 190 valence electrons. The van der Waals surface area contributed by atoms with Crippen molar-refractivity contribution >= 4 is 5.91 Å². The molecule has 0 aromatic heterocycles. The molecule has 7 rings (SSSR count). The molecule has 1 amide bonds. The summed E-state index contributed by atoms with van der Waals surface area (Å²) in [6.45, 7) is 2.46. The van der Waals surface area contributed by atoms with Crippen molar-refractivity contribution in [3.63, 3.8) is 0 Å². The Bertz CT molecular complexity index is 1160. The Kier molecular flexibility index (Phi) is 5.29. The normalized spacial score (nSPS) is 34.6. The lowest BCUT2D eigenvalue weighted by Crippen LogP contribution is -2.70. The Morgan fingerprint density at radius 1 is 1.08 bits per heavy atom. The SMILES string of the molecule is CN(C(=O)CCc1ccccc1)[C@H]1C[C@@]23CCN(CC4CC4)[C@H]4CC[C@@H]1C[C@]42Cc1ccc(O)cc13. The summed E-state index contributed by atoms with van der Waals surface area (Å²) in [5, 5.41) is 10.5. The van der Waals surface area contributed by atoms with Gasteiger partial charge in [0, 0.05) is 42.9 Å². The van der Waals surface area contributed by atoms with Crippen molar-refractivity contribution < 1.29 is 9.90 Å². The number of phenols is 1. The molecule has 1 heterocycles. The van der Waals surface area contributed by atoms with Gasteiger partial charge in [0.25, 0.3) is 0 Å². The first kappa shape index (κ1) is 22.8. The third-order valence-electron chi connectivity index (χ3n) is 11.1. The second-order valence-corrected chi connectivity index (χ2v) is 12.8. The van der Waals surface area contributed by atoms with Gasteiger partial charge < -0.3 is 10.0 Å².